The smallest absolute Gasteiger partial charge is 0.341 e. The molecule has 2 aliphatic rings. The molecule has 4 rings (SSSR count). The van der Waals surface area contributed by atoms with Gasteiger partial charge in [0.2, 0.25) is 5.43 Å². The van der Waals surface area contributed by atoms with Crippen molar-refractivity contribution in [2.24, 2.45) is 11.7 Å². The van der Waals surface area contributed by atoms with E-state index < -0.39 is 17.2 Å². The number of carboxylic acids is 1. The maximum absolute atomic E-state index is 15.1. The molecule has 2 aromatic rings. The lowest BCUT2D eigenvalue weighted by atomic mass is 10.0. The summed E-state index contributed by atoms with van der Waals surface area (Å²) < 4.78 is 273. The molecular weight excluding hydrogens is 957 g/mol. The van der Waals surface area contributed by atoms with Gasteiger partial charge in [-0.2, -0.15) is 0 Å². The molecule has 0 unspecified atom stereocenters. The number of nitrogens with zero attached hydrogens (tertiary/aromatic N) is 2. The molecule has 59 heavy (non-hydrogen) atoms. The summed E-state index contributed by atoms with van der Waals surface area (Å²) in [6, 6.07) is 1.35. The van der Waals surface area contributed by atoms with Crippen molar-refractivity contribution in [2.75, 3.05) is 18.0 Å². The summed E-state index contributed by atoms with van der Waals surface area (Å²) in [5, 5.41) is 9.51. The fourth-order valence-corrected chi connectivity index (χ4v) is 4.36. The predicted molar refractivity (Wildman–Crippen MR) is 138 cm³/mol. The second-order valence-electron chi connectivity index (χ2n) is 7.78. The zero-order valence-electron chi connectivity index (χ0n) is 27.6. The van der Waals surface area contributed by atoms with Crippen molar-refractivity contribution in [3.8, 4) is 0 Å². The summed E-state index contributed by atoms with van der Waals surface area (Å²) in [4.78, 5) is 26.1. The number of carbonyl (C=O) groups is 1. The molecule has 0 spiro atoms. The Kier molecular flexibility index (Phi) is 131. The monoisotopic (exact) mass is 981 g/mol. The second kappa shape index (κ2) is 85.5. The number of hydrogen-bond acceptors (Lipinski definition) is 4. The lowest BCUT2D eigenvalue weighted by Crippen LogP contribution is -2.30. The Morgan fingerprint density at radius 2 is 0.966 bits per heavy atom. The Bertz CT molecular complexity index is 1050. The number of fused-ring (bicyclic) bond motifs is 1. The number of aryl methyl sites for hydroxylation is 1. The van der Waals surface area contributed by atoms with Crippen LogP contribution in [0.3, 0.4) is 0 Å². The number of aromatic nitrogens is 1. The highest BCUT2D eigenvalue weighted by molar-refractivity contribution is 5.95. The van der Waals surface area contributed by atoms with Gasteiger partial charge in [-0.3, -0.25) is 4.79 Å². The molecule has 1 saturated carbocycles. The third-order valence-corrected chi connectivity index (χ3v) is 5.98. The number of aromatic carboxylic acids is 1. The maximum atomic E-state index is 15.1. The molecule has 0 amide bonds. The molecule has 1 aliphatic heterocycles. The van der Waals surface area contributed by atoms with Crippen LogP contribution in [0.2, 0.25) is 0 Å². The number of pyridine rings is 1. The van der Waals surface area contributed by atoms with Gasteiger partial charge in [-0.05, 0) is 37.3 Å². The minimum Gasteiger partial charge on any atom is -0.477 e. The minimum absolute atomic E-state index is 0.00971. The number of carboxylic acid groups (broad SMARTS) is 1. The molecule has 6 nitrogen and oxygen atoms in total. The Hall–Kier alpha value is -4.65. The lowest BCUT2D eigenvalue weighted by molar-refractivity contribution is 0.0694. The van der Waals surface area contributed by atoms with E-state index >= 15 is 4.39 Å². The standard InChI is InChI=1S/C20H24FN3O3.16F2/c1-3-11-7-23(9-16(11)22)18-10(2)17-13(6-15(18)21)19(25)14(20(26)27)8-24(17)12-4-5-12;16*1-2/h6,8,11-12,16H,3-5,7,9,22H2,1-2H3,(H,26,27);;;;;;;;;;;;;;;;/t11-,16+;;;;;;;;;;;;;;;;/m0................/s1. The highest BCUT2D eigenvalue weighted by Crippen LogP contribution is 2.40. The Morgan fingerprint density at radius 3 is 1.22 bits per heavy atom. The number of benzene rings is 1. The van der Waals surface area contributed by atoms with Crippen molar-refractivity contribution in [2.45, 2.75) is 45.2 Å². The van der Waals surface area contributed by atoms with E-state index in [1.54, 1.807) is 0 Å². The van der Waals surface area contributed by atoms with Crippen LogP contribution in [0.5, 0.6) is 0 Å². The van der Waals surface area contributed by atoms with Crippen LogP contribution < -0.4 is 16.1 Å². The average Bonchev–Trinajstić information content (AvgIpc) is 4.15. The van der Waals surface area contributed by atoms with E-state index in [-0.39, 0.29) is 23.0 Å². The van der Waals surface area contributed by atoms with Gasteiger partial charge < -0.3 is 20.3 Å². The van der Waals surface area contributed by atoms with Crippen LogP contribution in [-0.4, -0.2) is 34.8 Å². The summed E-state index contributed by atoms with van der Waals surface area (Å²) in [5.41, 5.74) is 7.06. The van der Waals surface area contributed by atoms with E-state index in [0.29, 0.717) is 35.8 Å². The molecule has 3 N–H and O–H groups in total. The van der Waals surface area contributed by atoms with Gasteiger partial charge in [-0.25, -0.2) is 9.18 Å². The topological polar surface area (TPSA) is 88.6 Å². The molecule has 1 aromatic carbocycles. The van der Waals surface area contributed by atoms with E-state index in [1.807, 2.05) is 16.4 Å². The summed E-state index contributed by atoms with van der Waals surface area (Å²) in [5.74, 6) is -1.47. The molecule has 368 valence electrons. The first kappa shape index (κ1) is 90.5. The molecule has 2 heterocycles. The number of hydrogen-bond donors (Lipinski definition) is 2. The van der Waals surface area contributed by atoms with Crippen LogP contribution in [0, 0.1) is 18.7 Å². The van der Waals surface area contributed by atoms with Gasteiger partial charge in [0.25, 0.3) is 0 Å². The van der Waals surface area contributed by atoms with Gasteiger partial charge in [0.05, 0.1) is 11.2 Å². The van der Waals surface area contributed by atoms with Gasteiger partial charge in [0.1, 0.15) is 11.4 Å². The van der Waals surface area contributed by atoms with E-state index in [9.17, 15) is 14.7 Å². The minimum atomic E-state index is -1.28. The number of rotatable bonds is 4. The van der Waals surface area contributed by atoms with Gasteiger partial charge >= 0.3 is 5.97 Å². The normalized spacial score (nSPS) is 12.0. The first-order chi connectivity index (χ1) is 28.8. The van der Waals surface area contributed by atoms with E-state index in [4.69, 9.17) is 152 Å². The molecule has 1 aliphatic carbocycles. The first-order valence-electron chi connectivity index (χ1n) is 11.7. The zero-order chi connectivity index (χ0) is 51.5. The summed E-state index contributed by atoms with van der Waals surface area (Å²) >= 11 is 0. The number of halogens is 33. The lowest BCUT2D eigenvalue weighted by Gasteiger charge is -2.24. The molecule has 2 atom stereocenters. The largest absolute Gasteiger partial charge is 0.477 e. The zero-order valence-corrected chi connectivity index (χ0v) is 27.6. The van der Waals surface area contributed by atoms with Crippen LogP contribution in [0.15, 0.2) is 17.1 Å². The first-order valence-corrected chi connectivity index (χ1v) is 11.7. The third-order valence-electron chi connectivity index (χ3n) is 5.98. The Labute approximate surface area is 303 Å². The second-order valence-corrected chi connectivity index (χ2v) is 7.78. The summed E-state index contributed by atoms with van der Waals surface area (Å²) in [6.45, 7) is 5.14. The van der Waals surface area contributed by atoms with Gasteiger partial charge in [-0.1, -0.05) is 13.3 Å². The van der Waals surface area contributed by atoms with Crippen molar-refractivity contribution in [3.05, 3.63) is 39.4 Å². The average molecular weight is 981 g/mol. The highest BCUT2D eigenvalue weighted by atomic mass is 20.0. The van der Waals surface area contributed by atoms with Crippen molar-refractivity contribution >= 4 is 22.6 Å². The van der Waals surface area contributed by atoms with Crippen molar-refractivity contribution in [1.29, 1.82) is 0 Å². The van der Waals surface area contributed by atoms with E-state index in [1.165, 1.54) is 12.3 Å². The van der Waals surface area contributed by atoms with E-state index in [2.05, 4.69) is 6.92 Å². The molecule has 1 aromatic heterocycles. The predicted octanol–water partition coefficient (Wildman–Crippen LogP) is 16.1. The fourth-order valence-electron chi connectivity index (χ4n) is 4.36. The number of anilines is 1. The molecule has 1 saturated heterocycles. The van der Waals surface area contributed by atoms with Crippen LogP contribution in [0.25, 0.3) is 10.9 Å². The van der Waals surface area contributed by atoms with Gasteiger partial charge in [-0.15, -0.1) is 0 Å². The van der Waals surface area contributed by atoms with E-state index in [0.717, 1.165) is 19.3 Å². The maximum Gasteiger partial charge on any atom is 0.341 e. The Morgan fingerprint density at radius 1 is 0.644 bits per heavy atom. The summed E-state index contributed by atoms with van der Waals surface area (Å²) in [6.07, 6.45) is 4.20. The number of nitrogens with two attached hydrogens (primary N) is 1. The molecular formula is C20H24F33N3O3. The molecule has 39 heteroatoms. The van der Waals surface area contributed by atoms with Crippen molar-refractivity contribution in [3.63, 3.8) is 0 Å². The molecule has 0 radical (unpaired) electrons. The summed E-state index contributed by atoms with van der Waals surface area (Å²) in [7, 11) is 0. The fraction of sp³-hybridized carbons (Fsp3) is 0.500. The van der Waals surface area contributed by atoms with Crippen LogP contribution in [0.1, 0.15) is 48.1 Å². The highest BCUT2D eigenvalue weighted by Gasteiger charge is 2.33. The van der Waals surface area contributed by atoms with Gasteiger partial charge in [0.15, 0.2) is 0 Å². The SMILES string of the molecule is CC[C@H]1CN(c2c(F)cc3c(=O)c(C(=O)O)cn(C4CC4)c3c2C)C[C@H]1N.FF.FF.FF.FF.FF.FF.FF.FF.FF.FF.FF.FF.FF.FF.FF.FF. The van der Waals surface area contributed by atoms with Crippen LogP contribution in [-0.2, 0) is 0 Å². The quantitative estimate of drug-likeness (QED) is 0.298. The van der Waals surface area contributed by atoms with Crippen molar-refractivity contribution < 1.29 is 161 Å². The third kappa shape index (κ3) is 38.6. The van der Waals surface area contributed by atoms with Crippen LogP contribution >= 0.6 is 0 Å². The molecule has 2 fully saturated rings. The van der Waals surface area contributed by atoms with Gasteiger partial charge in [0, 0.05) is 183 Å². The van der Waals surface area contributed by atoms with Crippen molar-refractivity contribution in [1.82, 2.24) is 4.57 Å². The van der Waals surface area contributed by atoms with Crippen LogP contribution in [0.4, 0.5) is 156 Å². The Balaban J connectivity index is -0.0000000509. The molecule has 0 bridgehead atoms.